The molecular formula is C23H17ClF3N3O3. The number of carbonyl (C=O) groups excluding carboxylic acids is 2. The third-order valence-corrected chi connectivity index (χ3v) is 5.46. The highest BCUT2D eigenvalue weighted by Gasteiger charge is 2.42. The summed E-state index contributed by atoms with van der Waals surface area (Å²) in [5, 5.41) is 3.22. The van der Waals surface area contributed by atoms with E-state index in [0.29, 0.717) is 10.7 Å². The Bertz CT molecular complexity index is 1200. The van der Waals surface area contributed by atoms with Crippen LogP contribution in [-0.4, -0.2) is 29.3 Å². The van der Waals surface area contributed by atoms with Gasteiger partial charge in [0.1, 0.15) is 11.8 Å². The van der Waals surface area contributed by atoms with Gasteiger partial charge in [0.25, 0.3) is 5.91 Å². The number of amides is 3. The van der Waals surface area contributed by atoms with E-state index in [0.717, 1.165) is 28.2 Å². The number of urea groups is 1. The summed E-state index contributed by atoms with van der Waals surface area (Å²) in [6.45, 7) is 1.80. The molecule has 0 aliphatic carbocycles. The fourth-order valence-electron chi connectivity index (χ4n) is 3.61. The minimum atomic E-state index is -4.84. The van der Waals surface area contributed by atoms with Gasteiger partial charge < -0.3 is 10.1 Å². The molecule has 1 aliphatic rings. The van der Waals surface area contributed by atoms with Gasteiger partial charge in [-0.2, -0.15) is 0 Å². The van der Waals surface area contributed by atoms with Gasteiger partial charge in [0.2, 0.25) is 0 Å². The number of benzene rings is 2. The maximum Gasteiger partial charge on any atom is 0.573 e. The van der Waals surface area contributed by atoms with Crippen molar-refractivity contribution in [2.24, 2.45) is 0 Å². The van der Waals surface area contributed by atoms with Crippen LogP contribution in [-0.2, 0) is 4.79 Å². The van der Waals surface area contributed by atoms with Crippen molar-refractivity contribution in [3.8, 4) is 17.0 Å². The minimum absolute atomic E-state index is 0.135. The molecule has 3 amide bonds. The lowest BCUT2D eigenvalue weighted by Crippen LogP contribution is -2.34. The SMILES string of the molecule is CC(c1ccnc(-c2cccc(Cl)c2)c1)C1NC(=O)N(c2ccc(OC(F)(F)F)cc2)C1=O. The largest absolute Gasteiger partial charge is 0.573 e. The van der Waals surface area contributed by atoms with Crippen LogP contribution in [0.4, 0.5) is 23.7 Å². The van der Waals surface area contributed by atoms with Crippen LogP contribution in [0.15, 0.2) is 66.9 Å². The molecular weight excluding hydrogens is 459 g/mol. The van der Waals surface area contributed by atoms with Crippen LogP contribution in [0, 0.1) is 0 Å². The third kappa shape index (κ3) is 4.93. The maximum atomic E-state index is 13.0. The minimum Gasteiger partial charge on any atom is -0.406 e. The summed E-state index contributed by atoms with van der Waals surface area (Å²) >= 11 is 6.06. The number of pyridine rings is 1. The lowest BCUT2D eigenvalue weighted by Gasteiger charge is -2.19. The Morgan fingerprint density at radius 2 is 1.82 bits per heavy atom. The monoisotopic (exact) mass is 475 g/mol. The molecule has 170 valence electrons. The summed E-state index contributed by atoms with van der Waals surface area (Å²) in [6.07, 6.45) is -3.22. The Labute approximate surface area is 191 Å². The molecule has 0 saturated carbocycles. The molecule has 4 rings (SSSR count). The summed E-state index contributed by atoms with van der Waals surface area (Å²) < 4.78 is 40.9. The van der Waals surface area contributed by atoms with E-state index in [1.54, 1.807) is 37.4 Å². The van der Waals surface area contributed by atoms with Gasteiger partial charge in [-0.15, -0.1) is 13.2 Å². The molecule has 10 heteroatoms. The van der Waals surface area contributed by atoms with Crippen molar-refractivity contribution in [3.05, 3.63) is 77.4 Å². The molecule has 1 saturated heterocycles. The predicted molar refractivity (Wildman–Crippen MR) is 116 cm³/mol. The van der Waals surface area contributed by atoms with Crippen LogP contribution >= 0.6 is 11.6 Å². The number of alkyl halides is 3. The molecule has 2 atom stereocenters. The fourth-order valence-corrected chi connectivity index (χ4v) is 3.80. The van der Waals surface area contributed by atoms with Gasteiger partial charge in [-0.25, -0.2) is 9.69 Å². The predicted octanol–water partition coefficient (Wildman–Crippen LogP) is 5.53. The number of imide groups is 1. The zero-order chi connectivity index (χ0) is 23.8. The molecule has 1 N–H and O–H groups in total. The van der Waals surface area contributed by atoms with Crippen molar-refractivity contribution < 1.29 is 27.5 Å². The maximum absolute atomic E-state index is 13.0. The second-order valence-corrected chi connectivity index (χ2v) is 7.85. The zero-order valence-corrected chi connectivity index (χ0v) is 17.9. The lowest BCUT2D eigenvalue weighted by molar-refractivity contribution is -0.274. The van der Waals surface area contributed by atoms with Gasteiger partial charge in [-0.3, -0.25) is 9.78 Å². The zero-order valence-electron chi connectivity index (χ0n) is 17.1. The van der Waals surface area contributed by atoms with E-state index in [2.05, 4.69) is 15.0 Å². The van der Waals surface area contributed by atoms with Crippen LogP contribution in [0.3, 0.4) is 0 Å². The number of carbonyl (C=O) groups is 2. The number of ether oxygens (including phenoxy) is 1. The van der Waals surface area contributed by atoms with Crippen molar-refractivity contribution in [1.29, 1.82) is 0 Å². The normalized spacial score (nSPS) is 17.1. The first kappa shape index (κ1) is 22.6. The van der Waals surface area contributed by atoms with Crippen molar-refractivity contribution in [2.75, 3.05) is 4.90 Å². The van der Waals surface area contributed by atoms with E-state index in [-0.39, 0.29) is 5.69 Å². The Morgan fingerprint density at radius 3 is 2.48 bits per heavy atom. The molecule has 1 aliphatic heterocycles. The van der Waals surface area contributed by atoms with Gasteiger partial charge in [-0.1, -0.05) is 30.7 Å². The molecule has 0 spiro atoms. The van der Waals surface area contributed by atoms with Crippen molar-refractivity contribution >= 4 is 29.2 Å². The van der Waals surface area contributed by atoms with Crippen LogP contribution in [0.25, 0.3) is 11.3 Å². The number of aromatic nitrogens is 1. The lowest BCUT2D eigenvalue weighted by atomic mass is 9.92. The molecule has 2 unspecified atom stereocenters. The van der Waals surface area contributed by atoms with Crippen molar-refractivity contribution in [1.82, 2.24) is 10.3 Å². The van der Waals surface area contributed by atoms with E-state index in [1.807, 2.05) is 12.1 Å². The summed E-state index contributed by atoms with van der Waals surface area (Å²) in [5.74, 6) is -1.37. The number of anilines is 1. The first-order valence-electron chi connectivity index (χ1n) is 9.84. The second-order valence-electron chi connectivity index (χ2n) is 7.42. The van der Waals surface area contributed by atoms with Crippen LogP contribution in [0.5, 0.6) is 5.75 Å². The first-order valence-corrected chi connectivity index (χ1v) is 10.2. The van der Waals surface area contributed by atoms with E-state index in [4.69, 9.17) is 11.6 Å². The number of nitrogens with one attached hydrogen (secondary N) is 1. The molecule has 0 radical (unpaired) electrons. The smallest absolute Gasteiger partial charge is 0.406 e. The molecule has 2 heterocycles. The Hall–Kier alpha value is -3.59. The number of nitrogens with zero attached hydrogens (tertiary/aromatic N) is 2. The molecule has 33 heavy (non-hydrogen) atoms. The van der Waals surface area contributed by atoms with E-state index < -0.39 is 36.0 Å². The highest BCUT2D eigenvalue weighted by molar-refractivity contribution is 6.30. The number of halogens is 4. The summed E-state index contributed by atoms with van der Waals surface area (Å²) in [5.41, 5.74) is 2.38. The summed E-state index contributed by atoms with van der Waals surface area (Å²) in [7, 11) is 0. The number of rotatable bonds is 5. The Kier molecular flexibility index (Phi) is 5.99. The van der Waals surface area contributed by atoms with Crippen LogP contribution < -0.4 is 15.0 Å². The average molecular weight is 476 g/mol. The standard InChI is InChI=1S/C23H17ClF3N3O3/c1-13(14-9-10-28-19(12-14)15-3-2-4-16(24)11-15)20-21(31)30(22(32)29-20)17-5-7-18(8-6-17)33-23(25,26)27/h2-13,20H,1H3,(H,29,32). The molecule has 6 nitrogen and oxygen atoms in total. The van der Waals surface area contributed by atoms with Gasteiger partial charge >= 0.3 is 12.4 Å². The second kappa shape index (κ2) is 8.74. The fraction of sp³-hybridized carbons (Fsp3) is 0.174. The third-order valence-electron chi connectivity index (χ3n) is 5.23. The summed E-state index contributed by atoms with van der Waals surface area (Å²) in [6, 6.07) is 13.8. The van der Waals surface area contributed by atoms with E-state index >= 15 is 0 Å². The number of hydrogen-bond acceptors (Lipinski definition) is 4. The van der Waals surface area contributed by atoms with Gasteiger partial charge in [0.05, 0.1) is 11.4 Å². The highest BCUT2D eigenvalue weighted by Crippen LogP contribution is 2.31. The molecule has 2 aromatic carbocycles. The van der Waals surface area contributed by atoms with Crippen molar-refractivity contribution in [3.63, 3.8) is 0 Å². The quantitative estimate of drug-likeness (QED) is 0.493. The highest BCUT2D eigenvalue weighted by atomic mass is 35.5. The van der Waals surface area contributed by atoms with Crippen molar-refractivity contribution in [2.45, 2.75) is 25.2 Å². The average Bonchev–Trinajstić information content (AvgIpc) is 3.07. The molecule has 1 aromatic heterocycles. The van der Waals surface area contributed by atoms with E-state index in [1.165, 1.54) is 12.1 Å². The van der Waals surface area contributed by atoms with Gasteiger partial charge in [0.15, 0.2) is 0 Å². The molecule has 1 fully saturated rings. The van der Waals surface area contributed by atoms with Gasteiger partial charge in [-0.05, 0) is 54.1 Å². The van der Waals surface area contributed by atoms with Gasteiger partial charge in [0, 0.05) is 22.7 Å². The number of hydrogen-bond donors (Lipinski definition) is 1. The molecule has 0 bridgehead atoms. The first-order chi connectivity index (χ1) is 15.6. The van der Waals surface area contributed by atoms with Crippen LogP contribution in [0.2, 0.25) is 5.02 Å². The topological polar surface area (TPSA) is 71.5 Å². The van der Waals surface area contributed by atoms with E-state index in [9.17, 15) is 22.8 Å². The van der Waals surface area contributed by atoms with Crippen LogP contribution in [0.1, 0.15) is 18.4 Å². The Morgan fingerprint density at radius 1 is 1.09 bits per heavy atom. The summed E-state index contributed by atoms with van der Waals surface area (Å²) in [4.78, 5) is 30.8. The Balaban J connectivity index is 1.55. The molecule has 3 aromatic rings.